The number of nitrogen functional groups attached to an aromatic ring is 1. The van der Waals surface area contributed by atoms with Crippen LogP contribution in [0.3, 0.4) is 0 Å². The summed E-state index contributed by atoms with van der Waals surface area (Å²) in [5.74, 6) is 0.582. The van der Waals surface area contributed by atoms with Crippen LogP contribution in [0.2, 0.25) is 0 Å². The number of aromatic nitrogens is 2. The first-order valence-corrected chi connectivity index (χ1v) is 7.29. The predicted octanol–water partition coefficient (Wildman–Crippen LogP) is 1.56. The number of nitrogens with two attached hydrogens (primary N) is 1. The number of piperidine rings is 1. The van der Waals surface area contributed by atoms with E-state index in [4.69, 9.17) is 15.2 Å². The topological polar surface area (TPSA) is 73.5 Å². The molecule has 0 unspecified atom stereocenters. The Morgan fingerprint density at radius 3 is 2.62 bits per heavy atom. The van der Waals surface area contributed by atoms with E-state index in [0.29, 0.717) is 13.2 Å². The average molecular weight is 286 g/mol. The van der Waals surface area contributed by atoms with Crippen molar-refractivity contribution in [2.24, 2.45) is 0 Å². The summed E-state index contributed by atoms with van der Waals surface area (Å²) < 4.78 is 11.5. The molecule has 2 fully saturated rings. The summed E-state index contributed by atoms with van der Waals surface area (Å²) in [6.45, 7) is 3.13. The van der Waals surface area contributed by atoms with Crippen molar-refractivity contribution >= 4 is 22.4 Å². The average Bonchev–Trinajstić information content (AvgIpc) is 2.96. The first kappa shape index (κ1) is 12.8. The smallest absolute Gasteiger partial charge is 0.171 e. The number of fused-ring (bicyclic) bond motifs is 1. The minimum atomic E-state index is -0.363. The molecule has 0 aliphatic carbocycles. The quantitative estimate of drug-likeness (QED) is 0.802. The normalized spacial score (nSPS) is 21.2. The molecule has 1 aromatic heterocycles. The van der Waals surface area contributed by atoms with Gasteiger partial charge in [-0.1, -0.05) is 0 Å². The molecular weight excluding hydrogens is 268 g/mol. The highest BCUT2D eigenvalue weighted by Crippen LogP contribution is 2.34. The zero-order valence-corrected chi connectivity index (χ0v) is 11.8. The molecular formula is C15H18N4O2. The van der Waals surface area contributed by atoms with Gasteiger partial charge in [0.2, 0.25) is 0 Å². The largest absolute Gasteiger partial charge is 0.399 e. The first-order chi connectivity index (χ1) is 10.3. The molecule has 2 aliphatic heterocycles. The summed E-state index contributed by atoms with van der Waals surface area (Å²) in [6.07, 6.45) is 3.34. The lowest BCUT2D eigenvalue weighted by molar-refractivity contribution is -0.169. The van der Waals surface area contributed by atoms with E-state index in [-0.39, 0.29) is 5.79 Å². The maximum absolute atomic E-state index is 5.90. The van der Waals surface area contributed by atoms with E-state index in [1.54, 1.807) is 6.33 Å². The Balaban J connectivity index is 1.64. The fraction of sp³-hybridized carbons (Fsp3) is 0.467. The standard InChI is InChI=1S/C15H18N4O2/c16-11-1-2-13-12(9-11)14(18-10-17-13)19-5-3-15(4-6-19)20-7-8-21-15/h1-2,9-10H,3-8,16H2. The van der Waals surface area contributed by atoms with Gasteiger partial charge in [0.15, 0.2) is 5.79 Å². The molecule has 6 nitrogen and oxygen atoms in total. The molecule has 0 saturated carbocycles. The van der Waals surface area contributed by atoms with E-state index in [1.807, 2.05) is 18.2 Å². The highest BCUT2D eigenvalue weighted by atomic mass is 16.7. The van der Waals surface area contributed by atoms with Gasteiger partial charge in [-0.25, -0.2) is 9.97 Å². The van der Waals surface area contributed by atoms with Gasteiger partial charge in [0, 0.05) is 37.0 Å². The Labute approximate surface area is 122 Å². The highest BCUT2D eigenvalue weighted by Gasteiger charge is 2.40. The highest BCUT2D eigenvalue weighted by molar-refractivity contribution is 5.91. The molecule has 6 heteroatoms. The number of benzene rings is 1. The Morgan fingerprint density at radius 2 is 1.86 bits per heavy atom. The van der Waals surface area contributed by atoms with Crippen LogP contribution < -0.4 is 10.6 Å². The van der Waals surface area contributed by atoms with Crippen LogP contribution in [0.4, 0.5) is 11.5 Å². The second kappa shape index (κ2) is 4.82. The lowest BCUT2D eigenvalue weighted by Crippen LogP contribution is -2.45. The Bertz CT molecular complexity index is 660. The second-order valence-corrected chi connectivity index (χ2v) is 5.57. The Kier molecular flexibility index (Phi) is 2.94. The van der Waals surface area contributed by atoms with E-state index in [0.717, 1.165) is 48.3 Å². The molecule has 3 heterocycles. The Morgan fingerprint density at radius 1 is 1.10 bits per heavy atom. The van der Waals surface area contributed by atoms with Crippen LogP contribution in [0.25, 0.3) is 10.9 Å². The van der Waals surface area contributed by atoms with E-state index >= 15 is 0 Å². The molecule has 0 bridgehead atoms. The summed E-state index contributed by atoms with van der Waals surface area (Å²) in [5.41, 5.74) is 7.55. The van der Waals surface area contributed by atoms with Crippen LogP contribution in [0.15, 0.2) is 24.5 Å². The number of hydrogen-bond acceptors (Lipinski definition) is 6. The molecule has 2 N–H and O–H groups in total. The summed E-state index contributed by atoms with van der Waals surface area (Å²) in [5, 5.41) is 1.00. The van der Waals surface area contributed by atoms with Crippen molar-refractivity contribution in [2.45, 2.75) is 18.6 Å². The van der Waals surface area contributed by atoms with Gasteiger partial charge in [0.05, 0.1) is 18.7 Å². The SMILES string of the molecule is Nc1ccc2ncnc(N3CCC4(CC3)OCCO4)c2c1. The number of anilines is 2. The summed E-state index contributed by atoms with van der Waals surface area (Å²) in [7, 11) is 0. The fourth-order valence-corrected chi connectivity index (χ4v) is 3.16. The van der Waals surface area contributed by atoms with Gasteiger partial charge in [-0.3, -0.25) is 0 Å². The number of ether oxygens (including phenoxy) is 2. The summed E-state index contributed by atoms with van der Waals surface area (Å²) >= 11 is 0. The third kappa shape index (κ3) is 2.20. The monoisotopic (exact) mass is 286 g/mol. The van der Waals surface area contributed by atoms with Gasteiger partial charge >= 0.3 is 0 Å². The minimum Gasteiger partial charge on any atom is -0.399 e. The molecule has 2 aliphatic rings. The third-order valence-corrected chi connectivity index (χ3v) is 4.28. The van der Waals surface area contributed by atoms with Gasteiger partial charge in [0.1, 0.15) is 12.1 Å². The van der Waals surface area contributed by atoms with Crippen LogP contribution in [-0.4, -0.2) is 42.1 Å². The molecule has 0 amide bonds. The second-order valence-electron chi connectivity index (χ2n) is 5.57. The predicted molar refractivity (Wildman–Crippen MR) is 80.0 cm³/mol. The van der Waals surface area contributed by atoms with E-state index in [1.165, 1.54) is 0 Å². The maximum atomic E-state index is 5.90. The van der Waals surface area contributed by atoms with E-state index in [2.05, 4.69) is 14.9 Å². The lowest BCUT2D eigenvalue weighted by Gasteiger charge is -2.38. The van der Waals surface area contributed by atoms with E-state index < -0.39 is 0 Å². The van der Waals surface area contributed by atoms with Crippen molar-refractivity contribution in [3.63, 3.8) is 0 Å². The lowest BCUT2D eigenvalue weighted by atomic mass is 10.0. The first-order valence-electron chi connectivity index (χ1n) is 7.29. The van der Waals surface area contributed by atoms with E-state index in [9.17, 15) is 0 Å². The molecule has 2 saturated heterocycles. The van der Waals surface area contributed by atoms with Gasteiger partial charge in [0.25, 0.3) is 0 Å². The van der Waals surface area contributed by atoms with Crippen molar-refractivity contribution < 1.29 is 9.47 Å². The summed E-state index contributed by atoms with van der Waals surface area (Å²) in [4.78, 5) is 11.0. The van der Waals surface area contributed by atoms with Crippen LogP contribution >= 0.6 is 0 Å². The molecule has 2 aromatic rings. The van der Waals surface area contributed by atoms with Gasteiger partial charge in [-0.2, -0.15) is 0 Å². The zero-order valence-electron chi connectivity index (χ0n) is 11.8. The zero-order chi connectivity index (χ0) is 14.3. The van der Waals surface area contributed by atoms with Crippen molar-refractivity contribution in [3.8, 4) is 0 Å². The molecule has 110 valence electrons. The third-order valence-electron chi connectivity index (χ3n) is 4.28. The number of hydrogen-bond donors (Lipinski definition) is 1. The fourth-order valence-electron chi connectivity index (χ4n) is 3.16. The van der Waals surface area contributed by atoms with Gasteiger partial charge < -0.3 is 20.1 Å². The molecule has 4 rings (SSSR count). The molecule has 0 radical (unpaired) electrons. The van der Waals surface area contributed by atoms with Gasteiger partial charge in [-0.15, -0.1) is 0 Å². The van der Waals surface area contributed by atoms with Crippen molar-refractivity contribution in [3.05, 3.63) is 24.5 Å². The van der Waals surface area contributed by atoms with Crippen molar-refractivity contribution in [1.29, 1.82) is 0 Å². The van der Waals surface area contributed by atoms with Crippen LogP contribution in [-0.2, 0) is 9.47 Å². The molecule has 1 spiro atoms. The summed E-state index contributed by atoms with van der Waals surface area (Å²) in [6, 6.07) is 5.74. The van der Waals surface area contributed by atoms with Gasteiger partial charge in [-0.05, 0) is 18.2 Å². The van der Waals surface area contributed by atoms with Crippen molar-refractivity contribution in [1.82, 2.24) is 9.97 Å². The minimum absolute atomic E-state index is 0.363. The number of nitrogens with zero attached hydrogens (tertiary/aromatic N) is 3. The van der Waals surface area contributed by atoms with Crippen LogP contribution in [0, 0.1) is 0 Å². The molecule has 0 atom stereocenters. The Hall–Kier alpha value is -1.92. The molecule has 1 aromatic carbocycles. The maximum Gasteiger partial charge on any atom is 0.171 e. The van der Waals surface area contributed by atoms with Crippen molar-refractivity contribution in [2.75, 3.05) is 36.9 Å². The van der Waals surface area contributed by atoms with Crippen LogP contribution in [0.5, 0.6) is 0 Å². The number of rotatable bonds is 1. The molecule has 21 heavy (non-hydrogen) atoms. The van der Waals surface area contributed by atoms with Crippen LogP contribution in [0.1, 0.15) is 12.8 Å².